The van der Waals surface area contributed by atoms with E-state index in [9.17, 15) is 14.4 Å². The van der Waals surface area contributed by atoms with Crippen LogP contribution in [-0.4, -0.2) is 52.6 Å². The van der Waals surface area contributed by atoms with Crippen molar-refractivity contribution in [3.05, 3.63) is 35.4 Å². The van der Waals surface area contributed by atoms with Crippen molar-refractivity contribution in [1.82, 2.24) is 10.2 Å². The fourth-order valence-corrected chi connectivity index (χ4v) is 5.69. The van der Waals surface area contributed by atoms with Crippen LogP contribution < -0.4 is 5.32 Å². The molecule has 2 heterocycles. The molecule has 138 valence electrons. The molecule has 5 nitrogen and oxygen atoms in total. The minimum absolute atomic E-state index is 0.0395. The molecule has 1 unspecified atom stereocenters. The highest BCUT2D eigenvalue weighted by Gasteiger charge is 2.42. The Morgan fingerprint density at radius 3 is 2.65 bits per heavy atom. The van der Waals surface area contributed by atoms with E-state index in [1.807, 2.05) is 0 Å². The van der Waals surface area contributed by atoms with Gasteiger partial charge in [-0.25, -0.2) is 0 Å². The Kier molecular flexibility index (Phi) is 5.14. The monoisotopic (exact) mass is 372 g/mol. The Balaban J connectivity index is 1.40. The Hall–Kier alpha value is -1.66. The number of fused-ring (bicyclic) bond motifs is 1. The average molecular weight is 372 g/mol. The highest BCUT2D eigenvalue weighted by atomic mass is 32.2. The summed E-state index contributed by atoms with van der Waals surface area (Å²) in [5.74, 6) is 1.08. The van der Waals surface area contributed by atoms with Crippen LogP contribution in [0.4, 0.5) is 0 Å². The Labute approximate surface area is 157 Å². The fourth-order valence-electron chi connectivity index (χ4n) is 4.53. The molecule has 1 amide bonds. The SMILES string of the molecule is O=C[C@H]1NCSC1C(=O)[C@@H]1CCCN1C(=O)CC1Cc2ccccc2C1. The average Bonchev–Trinajstić information content (AvgIpc) is 3.38. The van der Waals surface area contributed by atoms with Crippen molar-refractivity contribution in [1.29, 1.82) is 0 Å². The fraction of sp³-hybridized carbons (Fsp3) is 0.550. The van der Waals surface area contributed by atoms with Crippen molar-refractivity contribution in [2.45, 2.75) is 49.4 Å². The van der Waals surface area contributed by atoms with Gasteiger partial charge in [-0.05, 0) is 42.7 Å². The normalized spacial score (nSPS) is 28.3. The highest BCUT2D eigenvalue weighted by molar-refractivity contribution is 8.00. The van der Waals surface area contributed by atoms with E-state index in [0.29, 0.717) is 24.8 Å². The molecule has 1 aromatic rings. The summed E-state index contributed by atoms with van der Waals surface area (Å²) in [7, 11) is 0. The summed E-state index contributed by atoms with van der Waals surface area (Å²) in [5.41, 5.74) is 2.70. The summed E-state index contributed by atoms with van der Waals surface area (Å²) in [6.45, 7) is 0.658. The van der Waals surface area contributed by atoms with Crippen molar-refractivity contribution in [2.24, 2.45) is 5.92 Å². The molecular weight excluding hydrogens is 348 g/mol. The quantitative estimate of drug-likeness (QED) is 0.795. The Bertz CT molecular complexity index is 698. The second kappa shape index (κ2) is 7.53. The van der Waals surface area contributed by atoms with Gasteiger partial charge in [-0.2, -0.15) is 0 Å². The van der Waals surface area contributed by atoms with E-state index >= 15 is 0 Å². The summed E-state index contributed by atoms with van der Waals surface area (Å²) >= 11 is 1.48. The van der Waals surface area contributed by atoms with Gasteiger partial charge in [0.2, 0.25) is 5.91 Å². The Morgan fingerprint density at radius 2 is 1.96 bits per heavy atom. The first kappa shape index (κ1) is 17.7. The van der Waals surface area contributed by atoms with Crippen molar-refractivity contribution in [3.63, 3.8) is 0 Å². The van der Waals surface area contributed by atoms with E-state index in [1.54, 1.807) is 4.90 Å². The van der Waals surface area contributed by atoms with Crippen LogP contribution in [0.25, 0.3) is 0 Å². The molecule has 2 aliphatic heterocycles. The standard InChI is InChI=1S/C20H24N2O3S/c23-11-16-20(26-12-21-16)19(25)17-6-3-7-22(17)18(24)10-13-8-14-4-1-2-5-15(14)9-13/h1-2,4-5,11,13,16-17,20-21H,3,6-10,12H2/t16-,17+,20?/m1/s1. The van der Waals surface area contributed by atoms with Gasteiger partial charge in [0, 0.05) is 18.8 Å². The number of thioether (sulfide) groups is 1. The second-order valence-electron chi connectivity index (χ2n) is 7.49. The lowest BCUT2D eigenvalue weighted by atomic mass is 9.99. The van der Waals surface area contributed by atoms with Gasteiger partial charge in [-0.1, -0.05) is 24.3 Å². The van der Waals surface area contributed by atoms with Gasteiger partial charge in [0.15, 0.2) is 5.78 Å². The van der Waals surface area contributed by atoms with E-state index in [-0.39, 0.29) is 23.0 Å². The molecule has 3 aliphatic rings. The second-order valence-corrected chi connectivity index (χ2v) is 8.62. The smallest absolute Gasteiger partial charge is 0.223 e. The first-order valence-electron chi connectivity index (χ1n) is 9.37. The molecule has 26 heavy (non-hydrogen) atoms. The number of nitrogens with one attached hydrogen (secondary N) is 1. The minimum Gasteiger partial charge on any atom is -0.333 e. The molecule has 0 radical (unpaired) electrons. The zero-order chi connectivity index (χ0) is 18.1. The van der Waals surface area contributed by atoms with Gasteiger partial charge in [-0.3, -0.25) is 14.9 Å². The maximum absolute atomic E-state index is 12.9. The molecule has 0 bridgehead atoms. The van der Waals surface area contributed by atoms with Crippen LogP contribution in [0, 0.1) is 5.92 Å². The molecule has 2 fully saturated rings. The maximum atomic E-state index is 12.9. The highest BCUT2D eigenvalue weighted by Crippen LogP contribution is 2.32. The van der Waals surface area contributed by atoms with Gasteiger partial charge in [0.05, 0.1) is 17.3 Å². The van der Waals surface area contributed by atoms with Gasteiger partial charge >= 0.3 is 0 Å². The van der Waals surface area contributed by atoms with Gasteiger partial charge < -0.3 is 9.69 Å². The van der Waals surface area contributed by atoms with Crippen LogP contribution >= 0.6 is 11.8 Å². The van der Waals surface area contributed by atoms with E-state index in [4.69, 9.17) is 0 Å². The van der Waals surface area contributed by atoms with E-state index in [0.717, 1.165) is 32.0 Å². The number of ketones is 1. The zero-order valence-electron chi connectivity index (χ0n) is 14.7. The lowest BCUT2D eigenvalue weighted by Gasteiger charge is -2.27. The zero-order valence-corrected chi connectivity index (χ0v) is 15.5. The molecular formula is C20H24N2O3S. The molecule has 3 atom stereocenters. The lowest BCUT2D eigenvalue weighted by molar-refractivity contribution is -0.138. The van der Waals surface area contributed by atoms with Crippen LogP contribution in [-0.2, 0) is 27.2 Å². The van der Waals surface area contributed by atoms with E-state index in [1.165, 1.54) is 22.9 Å². The number of aldehydes is 1. The largest absolute Gasteiger partial charge is 0.333 e. The molecule has 2 saturated heterocycles. The topological polar surface area (TPSA) is 66.5 Å². The van der Waals surface area contributed by atoms with Gasteiger partial charge in [-0.15, -0.1) is 11.8 Å². The number of benzene rings is 1. The molecule has 0 aromatic heterocycles. The number of carbonyl (C=O) groups excluding carboxylic acids is 3. The third-order valence-electron chi connectivity index (χ3n) is 5.84. The predicted molar refractivity (Wildman–Crippen MR) is 101 cm³/mol. The van der Waals surface area contributed by atoms with Crippen molar-refractivity contribution >= 4 is 29.7 Å². The number of hydrogen-bond donors (Lipinski definition) is 1. The van der Waals surface area contributed by atoms with Crippen LogP contribution in [0.2, 0.25) is 0 Å². The van der Waals surface area contributed by atoms with Gasteiger partial charge in [0.25, 0.3) is 0 Å². The number of carbonyl (C=O) groups is 3. The lowest BCUT2D eigenvalue weighted by Crippen LogP contribution is -2.48. The van der Waals surface area contributed by atoms with Crippen molar-refractivity contribution in [2.75, 3.05) is 12.4 Å². The number of Topliss-reactive ketones (excluding diaryl/α,β-unsaturated/α-hetero) is 1. The van der Waals surface area contributed by atoms with Crippen molar-refractivity contribution < 1.29 is 14.4 Å². The summed E-state index contributed by atoms with van der Waals surface area (Å²) in [6.07, 6.45) is 4.81. The minimum atomic E-state index is -0.422. The van der Waals surface area contributed by atoms with Gasteiger partial charge in [0.1, 0.15) is 6.29 Å². The van der Waals surface area contributed by atoms with Crippen LogP contribution in [0.1, 0.15) is 30.4 Å². The number of amides is 1. The molecule has 1 N–H and O–H groups in total. The molecule has 1 aromatic carbocycles. The maximum Gasteiger partial charge on any atom is 0.223 e. The third-order valence-corrected chi connectivity index (χ3v) is 7.05. The number of nitrogens with zero attached hydrogens (tertiary/aromatic N) is 1. The van der Waals surface area contributed by atoms with E-state index < -0.39 is 6.04 Å². The van der Waals surface area contributed by atoms with Crippen LogP contribution in [0.5, 0.6) is 0 Å². The summed E-state index contributed by atoms with van der Waals surface area (Å²) in [5, 5.41) is 2.68. The first-order chi connectivity index (χ1) is 12.7. The molecule has 0 spiro atoms. The third kappa shape index (κ3) is 3.32. The first-order valence-corrected chi connectivity index (χ1v) is 10.4. The Morgan fingerprint density at radius 1 is 1.23 bits per heavy atom. The van der Waals surface area contributed by atoms with E-state index in [2.05, 4.69) is 29.6 Å². The predicted octanol–water partition coefficient (Wildman–Crippen LogP) is 1.58. The summed E-state index contributed by atoms with van der Waals surface area (Å²) in [6, 6.07) is 7.61. The van der Waals surface area contributed by atoms with Crippen molar-refractivity contribution in [3.8, 4) is 0 Å². The molecule has 4 rings (SSSR count). The summed E-state index contributed by atoms with van der Waals surface area (Å²) < 4.78 is 0. The molecule has 6 heteroatoms. The summed E-state index contributed by atoms with van der Waals surface area (Å²) in [4.78, 5) is 38.8. The number of rotatable bonds is 5. The van der Waals surface area contributed by atoms with Crippen LogP contribution in [0.3, 0.4) is 0 Å². The van der Waals surface area contributed by atoms with Crippen LogP contribution in [0.15, 0.2) is 24.3 Å². The molecule has 0 saturated carbocycles. The number of hydrogen-bond acceptors (Lipinski definition) is 5. The molecule has 1 aliphatic carbocycles. The number of likely N-dealkylation sites (tertiary alicyclic amines) is 1.